The molecule has 5 aromatic carbocycles. The molecule has 4 heteroatoms. The van der Waals surface area contributed by atoms with Gasteiger partial charge in [0.2, 0.25) is 0 Å². The molecule has 0 aliphatic heterocycles. The number of aryl methyl sites for hydroxylation is 4. The van der Waals surface area contributed by atoms with Gasteiger partial charge in [0.15, 0.2) is 0 Å². The minimum Gasteiger partial charge on any atom is -0.500 e. The molecule has 0 saturated carbocycles. The van der Waals surface area contributed by atoms with Crippen molar-refractivity contribution >= 4 is 43.5 Å². The van der Waals surface area contributed by atoms with E-state index in [0.29, 0.717) is 5.41 Å². The first kappa shape index (κ1) is 34.2. The summed E-state index contributed by atoms with van der Waals surface area (Å²) < 4.78 is 6.56. The number of nitrogens with zero attached hydrogens (tertiary/aromatic N) is 2. The first-order chi connectivity index (χ1) is 23.1. The Kier molecular flexibility index (Phi) is 9.58. The van der Waals surface area contributed by atoms with Gasteiger partial charge < -0.3 is 14.4 Å². The van der Waals surface area contributed by atoms with Crippen LogP contribution in [0.15, 0.2) is 108 Å². The van der Waals surface area contributed by atoms with Gasteiger partial charge in [-0.15, -0.1) is 53.6 Å². The Bertz CT molecular complexity index is 2450. The van der Waals surface area contributed by atoms with Gasteiger partial charge in [-0.2, -0.15) is 0 Å². The molecule has 0 amide bonds. The normalized spacial score (nSPS) is 11.5. The van der Waals surface area contributed by atoms with Crippen LogP contribution in [0.3, 0.4) is 0 Å². The van der Waals surface area contributed by atoms with E-state index in [2.05, 4.69) is 149 Å². The van der Waals surface area contributed by atoms with Gasteiger partial charge in [0.1, 0.15) is 5.58 Å². The van der Waals surface area contributed by atoms with Crippen molar-refractivity contribution < 1.29 is 24.5 Å². The van der Waals surface area contributed by atoms with E-state index in [1.165, 1.54) is 44.0 Å². The zero-order chi connectivity index (χ0) is 33.6. The number of pyridine rings is 2. The largest absolute Gasteiger partial charge is 0.500 e. The Labute approximate surface area is 302 Å². The van der Waals surface area contributed by atoms with Crippen LogP contribution in [0.25, 0.3) is 66.0 Å². The fourth-order valence-electron chi connectivity index (χ4n) is 6.39. The second kappa shape index (κ2) is 13.7. The van der Waals surface area contributed by atoms with Crippen LogP contribution in [0.5, 0.6) is 0 Å². The van der Waals surface area contributed by atoms with E-state index in [4.69, 9.17) is 4.42 Å². The summed E-state index contributed by atoms with van der Waals surface area (Å²) in [5.41, 5.74) is 12.2. The monoisotopic (exact) mass is 817 g/mol. The van der Waals surface area contributed by atoms with Gasteiger partial charge >= 0.3 is 0 Å². The molecule has 8 aromatic rings. The molecule has 3 nitrogen and oxygen atoms in total. The molecule has 0 fully saturated rings. The maximum absolute atomic E-state index is 6.56. The van der Waals surface area contributed by atoms with Crippen LogP contribution in [0.1, 0.15) is 48.6 Å². The third kappa shape index (κ3) is 6.95. The van der Waals surface area contributed by atoms with E-state index in [1.807, 2.05) is 24.5 Å². The average Bonchev–Trinajstić information content (AvgIpc) is 3.46. The minimum absolute atomic E-state index is 0. The van der Waals surface area contributed by atoms with Gasteiger partial charge in [0.05, 0.1) is 5.58 Å². The van der Waals surface area contributed by atoms with Crippen molar-refractivity contribution in [3.8, 4) is 22.5 Å². The summed E-state index contributed by atoms with van der Waals surface area (Å²) in [5.74, 6) is 0. The summed E-state index contributed by atoms with van der Waals surface area (Å²) in [7, 11) is 0. The van der Waals surface area contributed by atoms with E-state index in [9.17, 15) is 0 Å². The summed E-state index contributed by atoms with van der Waals surface area (Å²) in [5, 5.41) is 7.01. The van der Waals surface area contributed by atoms with Crippen LogP contribution in [0.2, 0.25) is 0 Å². The smallest absolute Gasteiger partial charge is 0.129 e. The molecule has 0 unspecified atom stereocenters. The molecule has 0 saturated heterocycles. The Morgan fingerprint density at radius 2 is 1.37 bits per heavy atom. The molecule has 0 spiro atoms. The number of benzene rings is 5. The molecular formula is C45H40IrN2O-2. The minimum atomic E-state index is 0. The van der Waals surface area contributed by atoms with E-state index in [1.54, 1.807) is 0 Å². The topological polar surface area (TPSA) is 38.9 Å². The van der Waals surface area contributed by atoms with Crippen LogP contribution >= 0.6 is 0 Å². The quantitative estimate of drug-likeness (QED) is 0.132. The van der Waals surface area contributed by atoms with Crippen LogP contribution in [-0.4, -0.2) is 9.97 Å². The standard InChI is InChI=1S/C27H18NO.C18H22N.Ir/c1-16-14-24(28-15-17(16)2)23-9-5-8-21-22-13-12-19-11-10-18-6-3-4-7-20(18)25(19)27(22)29-26(21)23;1-13-6-8-15(9-7-13)17-10-14(2)16(12-19-17)11-18(3,4)5;/h3-8,10-15H,1-2H3;6-8,10,12H,11H2,1-5H3;/q2*-1;. The van der Waals surface area contributed by atoms with Crippen LogP contribution in [-0.2, 0) is 26.5 Å². The second-order valence-electron chi connectivity index (χ2n) is 14.2. The van der Waals surface area contributed by atoms with Gasteiger partial charge in [-0.3, -0.25) is 0 Å². The van der Waals surface area contributed by atoms with Gasteiger partial charge in [-0.25, -0.2) is 0 Å². The van der Waals surface area contributed by atoms with Crippen molar-refractivity contribution in [2.75, 3.05) is 0 Å². The Balaban J connectivity index is 0.000000183. The van der Waals surface area contributed by atoms with E-state index < -0.39 is 0 Å². The van der Waals surface area contributed by atoms with E-state index in [0.717, 1.165) is 56.3 Å². The number of hydrogen-bond donors (Lipinski definition) is 0. The molecule has 247 valence electrons. The fourth-order valence-corrected chi connectivity index (χ4v) is 6.39. The molecule has 0 N–H and O–H groups in total. The number of hydrogen-bond acceptors (Lipinski definition) is 3. The van der Waals surface area contributed by atoms with E-state index >= 15 is 0 Å². The van der Waals surface area contributed by atoms with E-state index in [-0.39, 0.29) is 20.1 Å². The first-order valence-corrected chi connectivity index (χ1v) is 16.6. The van der Waals surface area contributed by atoms with Gasteiger partial charge in [0, 0.05) is 43.3 Å². The number of aromatic nitrogens is 2. The number of fused-ring (bicyclic) bond motifs is 7. The summed E-state index contributed by atoms with van der Waals surface area (Å²) in [6, 6.07) is 38.3. The maximum atomic E-state index is 6.56. The average molecular weight is 817 g/mol. The van der Waals surface area contributed by atoms with Gasteiger partial charge in [0.25, 0.3) is 0 Å². The predicted octanol–water partition coefficient (Wildman–Crippen LogP) is 12.1. The SMILES string of the molecule is Cc1c[c-]c(-c2cc(C)c(CC(C)(C)C)cn2)cc1.Cc1cnc(-c2[c-]ccc3c2oc2c3ccc3ccc4ccccc4c32)cc1C.[Ir]. The molecule has 0 atom stereocenters. The van der Waals surface area contributed by atoms with Crippen molar-refractivity contribution in [3.63, 3.8) is 0 Å². The summed E-state index contributed by atoms with van der Waals surface area (Å²) in [6.45, 7) is 15.2. The Morgan fingerprint density at radius 1 is 0.653 bits per heavy atom. The third-order valence-corrected chi connectivity index (χ3v) is 9.12. The Hall–Kier alpha value is -4.63. The van der Waals surface area contributed by atoms with Crippen molar-refractivity contribution in [2.24, 2.45) is 5.41 Å². The number of rotatable bonds is 3. The summed E-state index contributed by atoms with van der Waals surface area (Å²) in [6.07, 6.45) is 5.00. The molecule has 49 heavy (non-hydrogen) atoms. The van der Waals surface area contributed by atoms with Gasteiger partial charge in [-0.1, -0.05) is 110 Å². The molecule has 3 heterocycles. The second-order valence-corrected chi connectivity index (χ2v) is 14.2. The van der Waals surface area contributed by atoms with Crippen molar-refractivity contribution in [1.29, 1.82) is 0 Å². The zero-order valence-electron chi connectivity index (χ0n) is 29.2. The first-order valence-electron chi connectivity index (χ1n) is 16.6. The predicted molar refractivity (Wildman–Crippen MR) is 201 cm³/mol. The van der Waals surface area contributed by atoms with Crippen molar-refractivity contribution in [2.45, 2.75) is 54.9 Å². The zero-order valence-corrected chi connectivity index (χ0v) is 31.6. The molecule has 0 aliphatic carbocycles. The van der Waals surface area contributed by atoms with Crippen LogP contribution < -0.4 is 0 Å². The third-order valence-electron chi connectivity index (χ3n) is 9.12. The maximum Gasteiger partial charge on any atom is 0.129 e. The van der Waals surface area contributed by atoms with Crippen molar-refractivity contribution in [3.05, 3.63) is 143 Å². The molecule has 1 radical (unpaired) electrons. The number of furan rings is 1. The molecule has 0 aliphatic rings. The Morgan fingerprint density at radius 3 is 2.10 bits per heavy atom. The fraction of sp³-hybridized carbons (Fsp3) is 0.200. The summed E-state index contributed by atoms with van der Waals surface area (Å²) >= 11 is 0. The summed E-state index contributed by atoms with van der Waals surface area (Å²) in [4.78, 5) is 9.24. The van der Waals surface area contributed by atoms with Crippen molar-refractivity contribution in [1.82, 2.24) is 9.97 Å². The van der Waals surface area contributed by atoms with Gasteiger partial charge in [-0.05, 0) is 71.3 Å². The molecule has 0 bridgehead atoms. The van der Waals surface area contributed by atoms with Crippen LogP contribution in [0.4, 0.5) is 0 Å². The molecular weight excluding hydrogens is 777 g/mol. The molecule has 3 aromatic heterocycles. The molecule has 8 rings (SSSR count). The van der Waals surface area contributed by atoms with Crippen LogP contribution in [0, 0.1) is 45.2 Å².